The molecule has 0 saturated carbocycles. The van der Waals surface area contributed by atoms with Gasteiger partial charge in [0.15, 0.2) is 5.69 Å². The third-order valence-electron chi connectivity index (χ3n) is 3.00. The molecule has 1 N–H and O–H groups in total. The SMILES string of the molecule is CNc1nc(OCC(C)(C)N(C)C)cc(C(F)(F)F)n1. The third-order valence-corrected chi connectivity index (χ3v) is 3.00. The van der Waals surface area contributed by atoms with Crippen LogP contribution in [0.15, 0.2) is 6.07 Å². The van der Waals surface area contributed by atoms with Crippen LogP contribution in [0.2, 0.25) is 0 Å². The third kappa shape index (κ3) is 4.22. The molecule has 114 valence electrons. The maximum absolute atomic E-state index is 12.7. The Labute approximate surface area is 116 Å². The van der Waals surface area contributed by atoms with E-state index in [-0.39, 0.29) is 24.0 Å². The van der Waals surface area contributed by atoms with Gasteiger partial charge in [-0.1, -0.05) is 0 Å². The molecular formula is C12H19F3N4O. The number of aromatic nitrogens is 2. The van der Waals surface area contributed by atoms with E-state index in [4.69, 9.17) is 4.74 Å². The zero-order valence-electron chi connectivity index (χ0n) is 12.2. The number of hydrogen-bond donors (Lipinski definition) is 1. The van der Waals surface area contributed by atoms with Gasteiger partial charge in [0.05, 0.1) is 0 Å². The predicted octanol–water partition coefficient (Wildman–Crippen LogP) is 2.26. The summed E-state index contributed by atoms with van der Waals surface area (Å²) >= 11 is 0. The second-order valence-corrected chi connectivity index (χ2v) is 5.16. The van der Waals surface area contributed by atoms with Gasteiger partial charge in [-0.2, -0.15) is 18.2 Å². The van der Waals surface area contributed by atoms with Crippen LogP contribution in [-0.4, -0.2) is 48.2 Å². The summed E-state index contributed by atoms with van der Waals surface area (Å²) in [5.41, 5.74) is -1.36. The van der Waals surface area contributed by atoms with Crippen LogP contribution in [-0.2, 0) is 6.18 Å². The molecule has 1 aromatic rings. The van der Waals surface area contributed by atoms with Crippen LogP contribution in [0.5, 0.6) is 5.88 Å². The maximum atomic E-state index is 12.7. The summed E-state index contributed by atoms with van der Waals surface area (Å²) in [6.07, 6.45) is -4.54. The van der Waals surface area contributed by atoms with E-state index in [0.29, 0.717) is 0 Å². The van der Waals surface area contributed by atoms with Crippen LogP contribution >= 0.6 is 0 Å². The zero-order chi connectivity index (χ0) is 15.6. The summed E-state index contributed by atoms with van der Waals surface area (Å²) in [4.78, 5) is 9.14. The van der Waals surface area contributed by atoms with Crippen molar-refractivity contribution in [3.63, 3.8) is 0 Å². The molecule has 0 fully saturated rings. The fourth-order valence-electron chi connectivity index (χ4n) is 1.14. The summed E-state index contributed by atoms with van der Waals surface area (Å²) in [6, 6.07) is 0.798. The highest BCUT2D eigenvalue weighted by Crippen LogP contribution is 2.30. The lowest BCUT2D eigenvalue weighted by atomic mass is 10.1. The van der Waals surface area contributed by atoms with Crippen LogP contribution < -0.4 is 10.1 Å². The van der Waals surface area contributed by atoms with Crippen molar-refractivity contribution in [3.05, 3.63) is 11.8 Å². The average molecular weight is 292 g/mol. The highest BCUT2D eigenvalue weighted by Gasteiger charge is 2.34. The molecule has 0 saturated heterocycles. The maximum Gasteiger partial charge on any atom is 0.433 e. The van der Waals surface area contributed by atoms with Crippen LogP contribution in [0.3, 0.4) is 0 Å². The van der Waals surface area contributed by atoms with Crippen LogP contribution in [0.1, 0.15) is 19.5 Å². The molecule has 0 radical (unpaired) electrons. The minimum atomic E-state index is -4.54. The van der Waals surface area contributed by atoms with Gasteiger partial charge in [0.25, 0.3) is 0 Å². The number of nitrogens with one attached hydrogen (secondary N) is 1. The summed E-state index contributed by atoms with van der Waals surface area (Å²) in [6.45, 7) is 4.03. The first-order valence-electron chi connectivity index (χ1n) is 6.00. The van der Waals surface area contributed by atoms with E-state index < -0.39 is 11.9 Å². The highest BCUT2D eigenvalue weighted by atomic mass is 19.4. The van der Waals surface area contributed by atoms with Crippen molar-refractivity contribution in [2.24, 2.45) is 0 Å². The van der Waals surface area contributed by atoms with Crippen molar-refractivity contribution in [1.82, 2.24) is 14.9 Å². The van der Waals surface area contributed by atoms with Crippen molar-refractivity contribution in [2.75, 3.05) is 33.1 Å². The van der Waals surface area contributed by atoms with Gasteiger partial charge in [-0.25, -0.2) is 4.98 Å². The minimum absolute atomic E-state index is 0.105. The number of alkyl halides is 3. The Kier molecular flexibility index (Phi) is 4.80. The fraction of sp³-hybridized carbons (Fsp3) is 0.667. The lowest BCUT2D eigenvalue weighted by molar-refractivity contribution is -0.141. The lowest BCUT2D eigenvalue weighted by Crippen LogP contribution is -2.43. The molecule has 1 heterocycles. The van der Waals surface area contributed by atoms with Crippen LogP contribution in [0, 0.1) is 0 Å². The fourth-order valence-corrected chi connectivity index (χ4v) is 1.14. The number of anilines is 1. The van der Waals surface area contributed by atoms with Gasteiger partial charge in [-0.15, -0.1) is 0 Å². The van der Waals surface area contributed by atoms with Crippen molar-refractivity contribution in [2.45, 2.75) is 25.6 Å². The van der Waals surface area contributed by atoms with Crippen LogP contribution in [0.25, 0.3) is 0 Å². The van der Waals surface area contributed by atoms with Crippen molar-refractivity contribution >= 4 is 5.95 Å². The van der Waals surface area contributed by atoms with E-state index in [1.807, 2.05) is 32.8 Å². The number of hydrogen-bond acceptors (Lipinski definition) is 5. The summed E-state index contributed by atoms with van der Waals surface area (Å²) in [5.74, 6) is -0.232. The molecule has 0 aliphatic heterocycles. The van der Waals surface area contributed by atoms with Crippen molar-refractivity contribution in [3.8, 4) is 5.88 Å². The molecule has 5 nitrogen and oxygen atoms in total. The van der Waals surface area contributed by atoms with Crippen molar-refractivity contribution < 1.29 is 17.9 Å². The molecule has 20 heavy (non-hydrogen) atoms. The topological polar surface area (TPSA) is 50.3 Å². The number of likely N-dealkylation sites (N-methyl/N-ethyl adjacent to an activating group) is 1. The normalized spacial score (nSPS) is 12.7. The smallest absolute Gasteiger partial charge is 0.433 e. The van der Waals surface area contributed by atoms with E-state index in [1.54, 1.807) is 0 Å². The first kappa shape index (κ1) is 16.5. The van der Waals surface area contributed by atoms with Crippen molar-refractivity contribution in [1.29, 1.82) is 0 Å². The molecule has 0 aliphatic rings. The van der Waals surface area contributed by atoms with Gasteiger partial charge in [-0.3, -0.25) is 0 Å². The molecule has 0 aliphatic carbocycles. The molecule has 0 aromatic carbocycles. The van der Waals surface area contributed by atoms with Gasteiger partial charge in [0.1, 0.15) is 6.61 Å². The zero-order valence-corrected chi connectivity index (χ0v) is 12.2. The van der Waals surface area contributed by atoms with Gasteiger partial charge in [0, 0.05) is 18.7 Å². The van der Waals surface area contributed by atoms with E-state index in [2.05, 4.69) is 15.3 Å². The van der Waals surface area contributed by atoms with E-state index in [0.717, 1.165) is 6.07 Å². The molecule has 0 amide bonds. The van der Waals surface area contributed by atoms with Crippen LogP contribution in [0.4, 0.5) is 19.1 Å². The standard InChI is InChI=1S/C12H19F3N4O/c1-11(2,19(4)5)7-20-9-6-8(12(13,14)15)17-10(16-3)18-9/h6H,7H2,1-5H3,(H,16,17,18). The Bertz CT molecular complexity index is 461. The van der Waals surface area contributed by atoms with Gasteiger partial charge in [-0.05, 0) is 27.9 Å². The highest BCUT2D eigenvalue weighted by molar-refractivity contribution is 5.31. The lowest BCUT2D eigenvalue weighted by Gasteiger charge is -2.31. The summed E-state index contributed by atoms with van der Waals surface area (Å²) < 4.78 is 43.5. The van der Waals surface area contributed by atoms with E-state index >= 15 is 0 Å². The number of halogens is 3. The first-order chi connectivity index (χ1) is 9.06. The van der Waals surface area contributed by atoms with E-state index in [1.165, 1.54) is 7.05 Å². The molecule has 0 bridgehead atoms. The molecular weight excluding hydrogens is 273 g/mol. The van der Waals surface area contributed by atoms with Gasteiger partial charge >= 0.3 is 6.18 Å². The molecule has 1 rings (SSSR count). The molecule has 0 spiro atoms. The Morgan fingerprint density at radius 2 is 1.85 bits per heavy atom. The largest absolute Gasteiger partial charge is 0.476 e. The first-order valence-corrected chi connectivity index (χ1v) is 6.00. The second-order valence-electron chi connectivity index (χ2n) is 5.16. The minimum Gasteiger partial charge on any atom is -0.476 e. The average Bonchev–Trinajstić information content (AvgIpc) is 2.34. The predicted molar refractivity (Wildman–Crippen MR) is 69.8 cm³/mol. The summed E-state index contributed by atoms with van der Waals surface area (Å²) in [5, 5.41) is 2.49. The van der Waals surface area contributed by atoms with Gasteiger partial charge < -0.3 is 15.0 Å². The van der Waals surface area contributed by atoms with Gasteiger partial charge in [0.2, 0.25) is 11.8 Å². The Morgan fingerprint density at radius 3 is 2.30 bits per heavy atom. The molecule has 8 heteroatoms. The molecule has 0 unspecified atom stereocenters. The Morgan fingerprint density at radius 1 is 1.25 bits per heavy atom. The summed E-state index contributed by atoms with van der Waals surface area (Å²) in [7, 11) is 5.18. The molecule has 0 atom stereocenters. The Balaban J connectivity index is 2.96. The monoisotopic (exact) mass is 292 g/mol. The number of ether oxygens (including phenoxy) is 1. The van der Waals surface area contributed by atoms with E-state index in [9.17, 15) is 13.2 Å². The number of rotatable bonds is 5. The number of nitrogens with zero attached hydrogens (tertiary/aromatic N) is 3. The molecule has 1 aromatic heterocycles. The quantitative estimate of drug-likeness (QED) is 0.902. The Hall–Kier alpha value is -1.57. The second kappa shape index (κ2) is 5.82.